The zero-order valence-corrected chi connectivity index (χ0v) is 6.55. The largest absolute Gasteiger partial charge is 0.339 e. The maximum absolute atomic E-state index is 10.9. The highest BCUT2D eigenvalue weighted by atomic mass is 16.2. The van der Waals surface area contributed by atoms with Crippen LogP contribution in [0.1, 0.15) is 26.7 Å². The molecular weight excluding hydrogens is 126 g/mol. The molecule has 0 radical (unpaired) electrons. The molecule has 2 aliphatic heterocycles. The molecular formula is C8H13NO. The molecule has 1 amide bonds. The van der Waals surface area contributed by atoms with Crippen LogP contribution in [-0.2, 0) is 4.79 Å². The standard InChI is InChI=1S/C8H13NO/c1-8(2)4-6-3-7(10)9(6)5-8/h6H,3-5H2,1-2H3/t6-/m0/s1. The van der Waals surface area contributed by atoms with Gasteiger partial charge in [-0.2, -0.15) is 0 Å². The highest BCUT2D eigenvalue weighted by Gasteiger charge is 2.47. The number of carbonyl (C=O) groups excluding carboxylic acids is 1. The Balaban J connectivity index is 2.12. The minimum absolute atomic E-state index is 0.357. The Bertz CT molecular complexity index is 186. The van der Waals surface area contributed by atoms with Crippen molar-refractivity contribution in [3.8, 4) is 0 Å². The number of carbonyl (C=O) groups is 1. The predicted molar refractivity (Wildman–Crippen MR) is 38.5 cm³/mol. The van der Waals surface area contributed by atoms with Crippen molar-refractivity contribution in [3.63, 3.8) is 0 Å². The average Bonchev–Trinajstić information content (AvgIpc) is 2.04. The normalized spacial score (nSPS) is 35.6. The van der Waals surface area contributed by atoms with E-state index >= 15 is 0 Å². The van der Waals surface area contributed by atoms with E-state index in [4.69, 9.17) is 0 Å². The smallest absolute Gasteiger partial charge is 0.224 e. The van der Waals surface area contributed by atoms with Crippen LogP contribution in [0.5, 0.6) is 0 Å². The Morgan fingerprint density at radius 1 is 1.60 bits per heavy atom. The molecule has 0 N–H and O–H groups in total. The van der Waals surface area contributed by atoms with Gasteiger partial charge in [0.05, 0.1) is 0 Å². The molecule has 0 unspecified atom stereocenters. The molecule has 0 saturated carbocycles. The van der Waals surface area contributed by atoms with Crippen LogP contribution in [0, 0.1) is 5.41 Å². The van der Waals surface area contributed by atoms with Crippen LogP contribution in [-0.4, -0.2) is 23.4 Å². The fourth-order valence-electron chi connectivity index (χ4n) is 2.08. The molecule has 0 bridgehead atoms. The Hall–Kier alpha value is -0.530. The van der Waals surface area contributed by atoms with Crippen molar-refractivity contribution in [2.45, 2.75) is 32.7 Å². The first-order valence-corrected chi connectivity index (χ1v) is 3.88. The number of amides is 1. The molecule has 0 aliphatic carbocycles. The lowest BCUT2D eigenvalue weighted by Crippen LogP contribution is -2.48. The highest BCUT2D eigenvalue weighted by molar-refractivity contribution is 5.83. The van der Waals surface area contributed by atoms with E-state index in [-0.39, 0.29) is 0 Å². The second-order valence-electron chi connectivity index (χ2n) is 4.25. The highest BCUT2D eigenvalue weighted by Crippen LogP contribution is 2.40. The first kappa shape index (κ1) is 6.20. The Labute approximate surface area is 61.2 Å². The van der Waals surface area contributed by atoms with E-state index in [2.05, 4.69) is 13.8 Å². The van der Waals surface area contributed by atoms with Crippen molar-refractivity contribution < 1.29 is 4.79 Å². The van der Waals surface area contributed by atoms with E-state index in [0.717, 1.165) is 13.0 Å². The summed E-state index contributed by atoms with van der Waals surface area (Å²) < 4.78 is 0. The molecule has 56 valence electrons. The van der Waals surface area contributed by atoms with Crippen LogP contribution in [0.15, 0.2) is 0 Å². The van der Waals surface area contributed by atoms with Gasteiger partial charge in [-0.3, -0.25) is 4.79 Å². The van der Waals surface area contributed by atoms with Gasteiger partial charge in [0.25, 0.3) is 0 Å². The summed E-state index contributed by atoms with van der Waals surface area (Å²) in [4.78, 5) is 12.9. The second-order valence-corrected chi connectivity index (χ2v) is 4.25. The number of hydrogen-bond donors (Lipinski definition) is 0. The molecule has 10 heavy (non-hydrogen) atoms. The number of rotatable bonds is 0. The molecule has 2 heteroatoms. The molecule has 2 fully saturated rings. The maximum atomic E-state index is 10.9. The molecule has 0 aromatic carbocycles. The summed E-state index contributed by atoms with van der Waals surface area (Å²) in [6.45, 7) is 5.45. The third-order valence-electron chi connectivity index (χ3n) is 2.56. The van der Waals surface area contributed by atoms with Crippen molar-refractivity contribution in [2.24, 2.45) is 5.41 Å². The van der Waals surface area contributed by atoms with Crippen LogP contribution >= 0.6 is 0 Å². The third-order valence-corrected chi connectivity index (χ3v) is 2.56. The summed E-state index contributed by atoms with van der Waals surface area (Å²) in [6, 6.07) is 0.600. The van der Waals surface area contributed by atoms with E-state index in [1.165, 1.54) is 6.42 Å². The third kappa shape index (κ3) is 0.678. The topological polar surface area (TPSA) is 20.3 Å². The summed E-state index contributed by atoms with van der Waals surface area (Å²) in [7, 11) is 0. The molecule has 2 aliphatic rings. The van der Waals surface area contributed by atoms with Gasteiger partial charge in [0.1, 0.15) is 0 Å². The molecule has 2 rings (SSSR count). The molecule has 0 spiro atoms. The van der Waals surface area contributed by atoms with Gasteiger partial charge in [-0.1, -0.05) is 13.8 Å². The fourth-order valence-corrected chi connectivity index (χ4v) is 2.08. The first-order valence-electron chi connectivity index (χ1n) is 3.88. The zero-order valence-electron chi connectivity index (χ0n) is 6.55. The summed E-state index contributed by atoms with van der Waals surface area (Å²) >= 11 is 0. The van der Waals surface area contributed by atoms with Crippen molar-refractivity contribution in [1.82, 2.24) is 4.90 Å². The lowest BCUT2D eigenvalue weighted by atomic mass is 9.90. The minimum atomic E-state index is 0.357. The predicted octanol–water partition coefficient (Wildman–Crippen LogP) is 1.02. The minimum Gasteiger partial charge on any atom is -0.339 e. The van der Waals surface area contributed by atoms with E-state index in [1.54, 1.807) is 0 Å². The number of fused-ring (bicyclic) bond motifs is 1. The maximum Gasteiger partial charge on any atom is 0.224 e. The van der Waals surface area contributed by atoms with Gasteiger partial charge in [0.15, 0.2) is 0 Å². The van der Waals surface area contributed by atoms with Crippen LogP contribution in [0.4, 0.5) is 0 Å². The van der Waals surface area contributed by atoms with E-state index in [9.17, 15) is 4.79 Å². The average molecular weight is 139 g/mol. The van der Waals surface area contributed by atoms with Crippen LogP contribution in [0.3, 0.4) is 0 Å². The molecule has 1 atom stereocenters. The molecule has 0 aromatic heterocycles. The summed E-state index contributed by atoms with van der Waals surface area (Å²) in [5, 5.41) is 0. The van der Waals surface area contributed by atoms with Crippen LogP contribution in [0.25, 0.3) is 0 Å². The zero-order chi connectivity index (χ0) is 7.35. The number of β-lactam (4-membered cyclic amide) rings is 1. The lowest BCUT2D eigenvalue weighted by molar-refractivity contribution is -0.142. The summed E-state index contributed by atoms with van der Waals surface area (Å²) in [5.74, 6) is 0.357. The van der Waals surface area contributed by atoms with Gasteiger partial charge < -0.3 is 4.90 Å². The summed E-state index contributed by atoms with van der Waals surface area (Å²) in [6.07, 6.45) is 2.02. The van der Waals surface area contributed by atoms with Gasteiger partial charge in [-0.25, -0.2) is 0 Å². The van der Waals surface area contributed by atoms with Gasteiger partial charge in [0, 0.05) is 19.0 Å². The van der Waals surface area contributed by atoms with E-state index < -0.39 is 0 Å². The lowest BCUT2D eigenvalue weighted by Gasteiger charge is -2.33. The quantitative estimate of drug-likeness (QED) is 0.459. The number of nitrogens with zero attached hydrogens (tertiary/aromatic N) is 1. The van der Waals surface area contributed by atoms with Crippen molar-refractivity contribution in [1.29, 1.82) is 0 Å². The van der Waals surface area contributed by atoms with Gasteiger partial charge >= 0.3 is 0 Å². The fraction of sp³-hybridized carbons (Fsp3) is 0.875. The van der Waals surface area contributed by atoms with Gasteiger partial charge in [-0.05, 0) is 11.8 Å². The van der Waals surface area contributed by atoms with Crippen molar-refractivity contribution >= 4 is 5.91 Å². The summed E-state index contributed by atoms with van der Waals surface area (Å²) in [5.41, 5.74) is 0.386. The van der Waals surface area contributed by atoms with Crippen LogP contribution in [0.2, 0.25) is 0 Å². The van der Waals surface area contributed by atoms with Gasteiger partial charge in [-0.15, -0.1) is 0 Å². The number of hydrogen-bond acceptors (Lipinski definition) is 1. The SMILES string of the molecule is CC1(C)C[C@@H]2CC(=O)N2C1. The van der Waals surface area contributed by atoms with Crippen LogP contribution < -0.4 is 0 Å². The molecule has 0 aromatic rings. The molecule has 2 nitrogen and oxygen atoms in total. The van der Waals surface area contributed by atoms with Crippen molar-refractivity contribution in [3.05, 3.63) is 0 Å². The van der Waals surface area contributed by atoms with Gasteiger partial charge in [0.2, 0.25) is 5.91 Å². The Morgan fingerprint density at radius 2 is 2.30 bits per heavy atom. The Morgan fingerprint density at radius 3 is 2.70 bits per heavy atom. The molecule has 2 saturated heterocycles. The van der Waals surface area contributed by atoms with E-state index in [0.29, 0.717) is 17.4 Å². The van der Waals surface area contributed by atoms with E-state index in [1.807, 2.05) is 4.90 Å². The first-order chi connectivity index (χ1) is 4.58. The Kier molecular flexibility index (Phi) is 0.960. The molecule has 2 heterocycles. The second kappa shape index (κ2) is 1.55. The van der Waals surface area contributed by atoms with Crippen molar-refractivity contribution in [2.75, 3.05) is 6.54 Å². The monoisotopic (exact) mass is 139 g/mol.